The molecule has 1 saturated heterocycles. The minimum atomic E-state index is -0.809. The average molecular weight is 294 g/mol. The molecule has 6 heteroatoms. The molecule has 6 nitrogen and oxygen atoms in total. The van der Waals surface area contributed by atoms with Crippen LogP contribution in [-0.4, -0.2) is 46.0 Å². The van der Waals surface area contributed by atoms with Crippen molar-refractivity contribution in [2.24, 2.45) is 5.92 Å². The molecular weight excluding hydrogens is 272 g/mol. The molecule has 1 atom stereocenters. The summed E-state index contributed by atoms with van der Waals surface area (Å²) in [6.45, 7) is 2.24. The molecule has 0 aromatic rings. The minimum absolute atomic E-state index is 0.324. The zero-order chi connectivity index (χ0) is 15.6. The van der Waals surface area contributed by atoms with Crippen molar-refractivity contribution in [1.29, 1.82) is 0 Å². The quantitative estimate of drug-likeness (QED) is 0.764. The van der Waals surface area contributed by atoms with Crippen molar-refractivity contribution in [3.63, 3.8) is 0 Å². The van der Waals surface area contributed by atoms with E-state index >= 15 is 0 Å². The second kappa shape index (κ2) is 6.37. The lowest BCUT2D eigenvalue weighted by molar-refractivity contribution is -0.166. The van der Waals surface area contributed by atoms with Gasteiger partial charge in [-0.05, 0) is 12.3 Å². The third-order valence-corrected chi connectivity index (χ3v) is 4.43. The summed E-state index contributed by atoms with van der Waals surface area (Å²) >= 11 is 0. The Morgan fingerprint density at radius 2 is 1.67 bits per heavy atom. The Bertz CT molecular complexity index is 468. The van der Waals surface area contributed by atoms with Gasteiger partial charge in [-0.1, -0.05) is 32.1 Å². The molecule has 0 aromatic carbocycles. The molecule has 2 fully saturated rings. The summed E-state index contributed by atoms with van der Waals surface area (Å²) in [5.74, 6) is -1.39. The van der Waals surface area contributed by atoms with Gasteiger partial charge in [0.25, 0.3) is 5.91 Å². The van der Waals surface area contributed by atoms with Crippen LogP contribution in [0.15, 0.2) is 0 Å². The Morgan fingerprint density at radius 3 is 2.19 bits per heavy atom. The fourth-order valence-corrected chi connectivity index (χ4v) is 3.36. The predicted molar refractivity (Wildman–Crippen MR) is 74.9 cm³/mol. The van der Waals surface area contributed by atoms with E-state index in [0.29, 0.717) is 12.3 Å². The Morgan fingerprint density at radius 1 is 1.05 bits per heavy atom. The van der Waals surface area contributed by atoms with E-state index in [1.54, 1.807) is 0 Å². The van der Waals surface area contributed by atoms with Gasteiger partial charge in [0, 0.05) is 13.8 Å². The molecule has 2 rings (SSSR count). The van der Waals surface area contributed by atoms with E-state index in [9.17, 15) is 19.2 Å². The molecular formula is C15H22N2O4. The number of rotatable bonds is 2. The van der Waals surface area contributed by atoms with Crippen molar-refractivity contribution in [1.82, 2.24) is 9.80 Å². The number of carbonyl (C=O) groups excluding carboxylic acids is 4. The third-order valence-electron chi connectivity index (χ3n) is 4.43. The van der Waals surface area contributed by atoms with Crippen molar-refractivity contribution < 1.29 is 19.2 Å². The van der Waals surface area contributed by atoms with Gasteiger partial charge in [-0.2, -0.15) is 0 Å². The topological polar surface area (TPSA) is 74.8 Å². The standard InChI is InChI=1S/C15H22N2O4/c1-10(18)16-9-14(20)17(11(2)19)13(15(16)21)8-12-6-4-3-5-7-12/h12-13H,3-9H2,1-2H3/t13-/m0/s1. The summed E-state index contributed by atoms with van der Waals surface area (Å²) in [7, 11) is 0. The molecule has 0 radical (unpaired) electrons. The Labute approximate surface area is 124 Å². The molecule has 116 valence electrons. The smallest absolute Gasteiger partial charge is 0.252 e. The van der Waals surface area contributed by atoms with Gasteiger partial charge < -0.3 is 0 Å². The number of hydrogen-bond acceptors (Lipinski definition) is 4. The highest BCUT2D eigenvalue weighted by Gasteiger charge is 2.43. The second-order valence-electron chi connectivity index (χ2n) is 5.98. The number of amides is 4. The van der Waals surface area contributed by atoms with Crippen LogP contribution in [0, 0.1) is 5.92 Å². The van der Waals surface area contributed by atoms with Crippen LogP contribution in [0.2, 0.25) is 0 Å². The van der Waals surface area contributed by atoms with Crippen LogP contribution in [0.3, 0.4) is 0 Å². The van der Waals surface area contributed by atoms with Crippen LogP contribution in [0.4, 0.5) is 0 Å². The Kier molecular flexibility index (Phi) is 4.75. The highest BCUT2D eigenvalue weighted by atomic mass is 16.2. The third kappa shape index (κ3) is 3.31. The SMILES string of the molecule is CC(=O)N1CC(=O)N(C(C)=O)[C@@H](CC2CCCCC2)C1=O. The molecule has 1 aliphatic heterocycles. The zero-order valence-electron chi connectivity index (χ0n) is 12.6. The van der Waals surface area contributed by atoms with E-state index < -0.39 is 29.7 Å². The highest BCUT2D eigenvalue weighted by molar-refractivity contribution is 6.09. The van der Waals surface area contributed by atoms with Gasteiger partial charge in [-0.15, -0.1) is 0 Å². The number of carbonyl (C=O) groups is 4. The number of piperazine rings is 1. The van der Waals surface area contributed by atoms with Gasteiger partial charge in [0.2, 0.25) is 17.7 Å². The van der Waals surface area contributed by atoms with E-state index in [-0.39, 0.29) is 6.54 Å². The molecule has 1 aliphatic carbocycles. The number of imide groups is 2. The minimum Gasteiger partial charge on any atom is -0.275 e. The lowest BCUT2D eigenvalue weighted by atomic mass is 9.83. The van der Waals surface area contributed by atoms with E-state index in [4.69, 9.17) is 0 Å². The number of hydrogen-bond donors (Lipinski definition) is 0. The van der Waals surface area contributed by atoms with Crippen molar-refractivity contribution >= 4 is 23.6 Å². The van der Waals surface area contributed by atoms with E-state index in [1.807, 2.05) is 0 Å². The molecule has 1 heterocycles. The van der Waals surface area contributed by atoms with Crippen molar-refractivity contribution in [3.8, 4) is 0 Å². The molecule has 4 amide bonds. The summed E-state index contributed by atoms with van der Waals surface area (Å²) in [5, 5.41) is 0. The van der Waals surface area contributed by atoms with Crippen LogP contribution in [0.1, 0.15) is 52.4 Å². The van der Waals surface area contributed by atoms with Gasteiger partial charge in [0.15, 0.2) is 0 Å². The highest BCUT2D eigenvalue weighted by Crippen LogP contribution is 2.30. The predicted octanol–water partition coefficient (Wildman–Crippen LogP) is 1.09. The maximum atomic E-state index is 12.5. The summed E-state index contributed by atoms with van der Waals surface area (Å²) in [6, 6.07) is -0.809. The van der Waals surface area contributed by atoms with Crippen molar-refractivity contribution in [3.05, 3.63) is 0 Å². The number of nitrogens with zero attached hydrogens (tertiary/aromatic N) is 2. The molecule has 0 N–H and O–H groups in total. The first-order valence-electron chi connectivity index (χ1n) is 7.56. The van der Waals surface area contributed by atoms with Gasteiger partial charge in [-0.25, -0.2) is 0 Å². The Balaban J connectivity index is 2.20. The fourth-order valence-electron chi connectivity index (χ4n) is 3.36. The maximum Gasteiger partial charge on any atom is 0.252 e. The molecule has 0 unspecified atom stereocenters. The Hall–Kier alpha value is -1.72. The molecule has 0 spiro atoms. The first-order valence-corrected chi connectivity index (χ1v) is 7.56. The zero-order valence-corrected chi connectivity index (χ0v) is 12.6. The second-order valence-corrected chi connectivity index (χ2v) is 5.98. The fraction of sp³-hybridized carbons (Fsp3) is 0.733. The van der Waals surface area contributed by atoms with E-state index in [1.165, 1.54) is 20.3 Å². The summed E-state index contributed by atoms with van der Waals surface area (Å²) < 4.78 is 0. The summed E-state index contributed by atoms with van der Waals surface area (Å²) in [6.07, 6.45) is 5.96. The molecule has 2 aliphatic rings. The van der Waals surface area contributed by atoms with E-state index in [2.05, 4.69) is 0 Å². The van der Waals surface area contributed by atoms with Crippen LogP contribution < -0.4 is 0 Å². The first-order chi connectivity index (χ1) is 9.91. The van der Waals surface area contributed by atoms with Gasteiger partial charge in [-0.3, -0.25) is 29.0 Å². The molecule has 21 heavy (non-hydrogen) atoms. The van der Waals surface area contributed by atoms with Crippen LogP contribution >= 0.6 is 0 Å². The van der Waals surface area contributed by atoms with Gasteiger partial charge in [0.1, 0.15) is 12.6 Å². The van der Waals surface area contributed by atoms with Crippen LogP contribution in [-0.2, 0) is 19.2 Å². The summed E-state index contributed by atoms with van der Waals surface area (Å²) in [4.78, 5) is 49.8. The van der Waals surface area contributed by atoms with Crippen molar-refractivity contribution in [2.45, 2.75) is 58.4 Å². The largest absolute Gasteiger partial charge is 0.275 e. The van der Waals surface area contributed by atoms with E-state index in [0.717, 1.165) is 35.5 Å². The first kappa shape index (κ1) is 15.7. The molecule has 1 saturated carbocycles. The van der Waals surface area contributed by atoms with Gasteiger partial charge in [0.05, 0.1) is 0 Å². The lowest BCUT2D eigenvalue weighted by Crippen LogP contribution is -2.62. The van der Waals surface area contributed by atoms with Crippen molar-refractivity contribution in [2.75, 3.05) is 6.54 Å². The average Bonchev–Trinajstić information content (AvgIpc) is 2.43. The summed E-state index contributed by atoms with van der Waals surface area (Å²) in [5.41, 5.74) is 0. The van der Waals surface area contributed by atoms with Crippen LogP contribution in [0.25, 0.3) is 0 Å². The lowest BCUT2D eigenvalue weighted by Gasteiger charge is -2.39. The van der Waals surface area contributed by atoms with Crippen LogP contribution in [0.5, 0.6) is 0 Å². The van der Waals surface area contributed by atoms with Gasteiger partial charge >= 0.3 is 0 Å². The monoisotopic (exact) mass is 294 g/mol. The molecule has 0 bridgehead atoms. The maximum absolute atomic E-state index is 12.5. The molecule has 0 aromatic heterocycles. The normalized spacial score (nSPS) is 24.4.